The molecule has 4 aromatic rings. The van der Waals surface area contributed by atoms with E-state index in [-0.39, 0.29) is 0 Å². The van der Waals surface area contributed by atoms with Gasteiger partial charge in [0.05, 0.1) is 23.5 Å². The van der Waals surface area contributed by atoms with Crippen molar-refractivity contribution < 1.29 is 10.6 Å². The average Bonchev–Trinajstić information content (AvgIpc) is 3.28. The highest BCUT2D eigenvalue weighted by atomic mass is 15.4. The fraction of sp³-hybridized carbons (Fsp3) is 0. The van der Waals surface area contributed by atoms with E-state index in [4.69, 9.17) is 0 Å². The van der Waals surface area contributed by atoms with Crippen molar-refractivity contribution in [3.8, 4) is 11.3 Å². The Morgan fingerprint density at radius 2 is 2.04 bits per heavy atom. The van der Waals surface area contributed by atoms with E-state index in [2.05, 4.69) is 31.2 Å². The van der Waals surface area contributed by atoms with Crippen LogP contribution in [0.15, 0.2) is 60.0 Å². The highest BCUT2D eigenvalue weighted by Crippen LogP contribution is 2.25. The first-order valence-electron chi connectivity index (χ1n) is 7.85. The zero-order valence-corrected chi connectivity index (χ0v) is 13.1. The molecule has 0 saturated heterocycles. The van der Waals surface area contributed by atoms with Crippen LogP contribution in [0.3, 0.4) is 0 Å². The van der Waals surface area contributed by atoms with Crippen LogP contribution in [-0.4, -0.2) is 31.1 Å². The van der Waals surface area contributed by atoms with Gasteiger partial charge in [-0.3, -0.25) is 5.32 Å². The number of fused-ring (bicyclic) bond motifs is 2. The molecule has 1 aromatic carbocycles. The van der Waals surface area contributed by atoms with Gasteiger partial charge in [0.2, 0.25) is 0 Å². The molecular weight excluding hydrogens is 316 g/mol. The maximum absolute atomic E-state index is 4.66. The quantitative estimate of drug-likeness (QED) is 0.537. The van der Waals surface area contributed by atoms with Gasteiger partial charge in [-0.05, 0) is 24.3 Å². The molecule has 25 heavy (non-hydrogen) atoms. The molecule has 4 N–H and O–H groups in total. The Hall–Kier alpha value is -3.49. The van der Waals surface area contributed by atoms with Gasteiger partial charge in [0.1, 0.15) is 11.4 Å². The Kier molecular flexibility index (Phi) is 3.09. The molecule has 0 spiro atoms. The van der Waals surface area contributed by atoms with Crippen LogP contribution in [0.1, 0.15) is 0 Å². The lowest BCUT2D eigenvalue weighted by molar-refractivity contribution is -0.488. The van der Waals surface area contributed by atoms with E-state index in [0.717, 1.165) is 33.8 Å². The van der Waals surface area contributed by atoms with Crippen molar-refractivity contribution in [2.45, 2.75) is 0 Å². The van der Waals surface area contributed by atoms with Crippen LogP contribution in [0.25, 0.3) is 16.8 Å². The predicted molar refractivity (Wildman–Crippen MR) is 91.4 cm³/mol. The summed E-state index contributed by atoms with van der Waals surface area (Å²) in [5, 5.41) is 12.4. The summed E-state index contributed by atoms with van der Waals surface area (Å²) in [6.45, 7) is 0. The molecule has 8 nitrogen and oxygen atoms in total. The fourth-order valence-corrected chi connectivity index (χ4v) is 2.88. The lowest BCUT2D eigenvalue weighted by atomic mass is 10.2. The average molecular weight is 330 g/mol. The van der Waals surface area contributed by atoms with Crippen molar-refractivity contribution in [1.29, 1.82) is 0 Å². The summed E-state index contributed by atoms with van der Waals surface area (Å²) in [7, 11) is 0. The monoisotopic (exact) mass is 330 g/mol. The number of aromatic nitrogens is 5. The van der Waals surface area contributed by atoms with Gasteiger partial charge in [-0.2, -0.15) is 29.8 Å². The van der Waals surface area contributed by atoms with Crippen molar-refractivity contribution in [2.75, 3.05) is 0 Å². The topological polar surface area (TPSA) is 102 Å². The predicted octanol–water partition coefficient (Wildman–Crippen LogP) is 0.581. The summed E-state index contributed by atoms with van der Waals surface area (Å²) >= 11 is 0. The van der Waals surface area contributed by atoms with E-state index in [1.165, 1.54) is 0 Å². The second kappa shape index (κ2) is 5.55. The maximum atomic E-state index is 4.66. The zero-order chi connectivity index (χ0) is 16.6. The second-order valence-electron chi connectivity index (χ2n) is 5.66. The Morgan fingerprint density at radius 1 is 1.04 bits per heavy atom. The smallest absolute Gasteiger partial charge is 0.269 e. The third-order valence-corrected chi connectivity index (χ3v) is 4.07. The van der Waals surface area contributed by atoms with Gasteiger partial charge in [0, 0.05) is 24.0 Å². The molecule has 0 bridgehead atoms. The number of rotatable bonds is 3. The maximum Gasteiger partial charge on any atom is 0.331 e. The van der Waals surface area contributed by atoms with Gasteiger partial charge in [-0.25, -0.2) is 5.32 Å². The number of aliphatic imine (C=N–C) groups is 1. The zero-order valence-electron chi connectivity index (χ0n) is 13.1. The van der Waals surface area contributed by atoms with Gasteiger partial charge in [0.15, 0.2) is 12.0 Å². The molecule has 1 aliphatic heterocycles. The minimum Gasteiger partial charge on any atom is -0.269 e. The van der Waals surface area contributed by atoms with Crippen LogP contribution in [0.5, 0.6) is 0 Å². The molecule has 4 heterocycles. The minimum absolute atomic E-state index is 0.652. The van der Waals surface area contributed by atoms with E-state index in [1.807, 2.05) is 47.3 Å². The molecule has 0 amide bonds. The first kappa shape index (κ1) is 13.9. The number of benzene rings is 1. The lowest BCUT2D eigenvalue weighted by Gasteiger charge is -2.02. The van der Waals surface area contributed by atoms with Crippen molar-refractivity contribution in [3.05, 3.63) is 55.0 Å². The Balaban J connectivity index is 1.49. The standard InChI is InChI=1S/C17H12N8/c1-2-16-12(9-22-25(16)21-6-1)13-5-7-18-17(24-13)23-11-3-4-14-15(8-11)20-10-19-14/h1-10H,(H,19,20)(H,18,23,24)/p+2. The number of hydrogen-bond donors (Lipinski definition) is 2. The number of quaternary nitrogens is 2. The largest absolute Gasteiger partial charge is 0.331 e. The number of nitrogens with two attached hydrogens (primary N) is 2. The first-order chi connectivity index (χ1) is 12.4. The Morgan fingerprint density at radius 3 is 3.04 bits per heavy atom. The summed E-state index contributed by atoms with van der Waals surface area (Å²) in [6.07, 6.45) is 7.05. The molecule has 8 heteroatoms. The summed E-state index contributed by atoms with van der Waals surface area (Å²) in [4.78, 5) is 13.3. The van der Waals surface area contributed by atoms with E-state index >= 15 is 0 Å². The van der Waals surface area contributed by atoms with Gasteiger partial charge in [0.25, 0.3) is 0 Å². The van der Waals surface area contributed by atoms with Crippen LogP contribution < -0.4 is 10.6 Å². The lowest BCUT2D eigenvalue weighted by Crippen LogP contribution is -2.75. The second-order valence-corrected chi connectivity index (χ2v) is 5.66. The molecule has 5 rings (SSSR count). The highest BCUT2D eigenvalue weighted by molar-refractivity contribution is 5.77. The van der Waals surface area contributed by atoms with Gasteiger partial charge in [-0.1, -0.05) is 0 Å². The molecule has 120 valence electrons. The molecule has 0 aliphatic carbocycles. The van der Waals surface area contributed by atoms with E-state index in [9.17, 15) is 0 Å². The highest BCUT2D eigenvalue weighted by Gasteiger charge is 2.15. The first-order valence-corrected chi connectivity index (χ1v) is 7.85. The molecule has 0 atom stereocenters. The SMILES string of the molecule is C1=Nc2ccc([NH2+]c3nccc(-c4cnn5ncccc45)n3)cc2[NH2+]1. The van der Waals surface area contributed by atoms with Crippen LogP contribution in [0.2, 0.25) is 0 Å². The van der Waals surface area contributed by atoms with Crippen LogP contribution in [0.4, 0.5) is 23.0 Å². The van der Waals surface area contributed by atoms with Gasteiger partial charge in [-0.15, -0.1) is 0 Å². The van der Waals surface area contributed by atoms with Crippen molar-refractivity contribution >= 4 is 34.9 Å². The molecular formula is C17H14N8+2. The van der Waals surface area contributed by atoms with E-state index in [0.29, 0.717) is 5.95 Å². The molecule has 0 radical (unpaired) electrons. The van der Waals surface area contributed by atoms with Crippen LogP contribution >= 0.6 is 0 Å². The molecule has 0 fully saturated rings. The number of nitrogens with zero attached hydrogens (tertiary/aromatic N) is 6. The Labute approximate surface area is 142 Å². The van der Waals surface area contributed by atoms with E-state index < -0.39 is 0 Å². The third kappa shape index (κ3) is 2.45. The molecule has 3 aromatic heterocycles. The minimum atomic E-state index is 0.652. The summed E-state index contributed by atoms with van der Waals surface area (Å²) in [5.41, 5.74) is 5.81. The number of hydrogen-bond acceptors (Lipinski definition) is 5. The van der Waals surface area contributed by atoms with Crippen LogP contribution in [-0.2, 0) is 0 Å². The van der Waals surface area contributed by atoms with E-state index in [1.54, 1.807) is 23.2 Å². The molecule has 0 saturated carbocycles. The summed E-state index contributed by atoms with van der Waals surface area (Å²) in [6, 6.07) is 11.8. The Bertz CT molecular complexity index is 1110. The van der Waals surface area contributed by atoms with Crippen molar-refractivity contribution in [2.24, 2.45) is 4.99 Å². The van der Waals surface area contributed by atoms with Crippen molar-refractivity contribution in [3.63, 3.8) is 0 Å². The van der Waals surface area contributed by atoms with Crippen molar-refractivity contribution in [1.82, 2.24) is 24.8 Å². The normalized spacial score (nSPS) is 12.6. The van der Waals surface area contributed by atoms with Crippen LogP contribution in [0, 0.1) is 0 Å². The molecule has 0 unspecified atom stereocenters. The summed E-state index contributed by atoms with van der Waals surface area (Å²) in [5.74, 6) is 0.652. The summed E-state index contributed by atoms with van der Waals surface area (Å²) < 4.78 is 1.59. The third-order valence-electron chi connectivity index (χ3n) is 4.07. The fourth-order valence-electron chi connectivity index (χ4n) is 2.88. The van der Waals surface area contributed by atoms with Gasteiger partial charge < -0.3 is 0 Å². The van der Waals surface area contributed by atoms with Gasteiger partial charge >= 0.3 is 5.95 Å². The molecule has 1 aliphatic rings.